The van der Waals surface area contributed by atoms with E-state index in [1.54, 1.807) is 6.07 Å². The van der Waals surface area contributed by atoms with E-state index in [4.69, 9.17) is 5.73 Å². The molecule has 0 saturated heterocycles. The SMILES string of the molecule is Nc1cc(NCc2ncon2)nc(C2CC2)n1. The first-order valence-corrected chi connectivity index (χ1v) is 5.45. The Morgan fingerprint density at radius 2 is 2.29 bits per heavy atom. The Labute approximate surface area is 97.5 Å². The minimum atomic E-state index is 0.455. The van der Waals surface area contributed by atoms with Gasteiger partial charge in [-0.1, -0.05) is 5.16 Å². The topological polar surface area (TPSA) is 103 Å². The lowest BCUT2D eigenvalue weighted by Crippen LogP contribution is -2.06. The number of nitrogen functional groups attached to an aromatic ring is 1. The molecule has 17 heavy (non-hydrogen) atoms. The Balaban J connectivity index is 1.73. The first-order valence-electron chi connectivity index (χ1n) is 5.45. The first kappa shape index (κ1) is 10.0. The fourth-order valence-corrected chi connectivity index (χ4v) is 1.54. The number of aromatic nitrogens is 4. The van der Waals surface area contributed by atoms with Crippen LogP contribution in [0.5, 0.6) is 0 Å². The Morgan fingerprint density at radius 1 is 1.41 bits per heavy atom. The lowest BCUT2D eigenvalue weighted by atomic mass is 10.4. The molecule has 0 aromatic carbocycles. The standard InChI is InChI=1S/C10H12N6O/c11-7-3-8(12-4-9-13-5-17-16-9)15-10(14-7)6-1-2-6/h3,5-6H,1-2,4H2,(H3,11,12,14,15). The number of nitrogens with one attached hydrogen (secondary N) is 1. The van der Waals surface area contributed by atoms with Crippen molar-refractivity contribution in [2.75, 3.05) is 11.1 Å². The Kier molecular flexibility index (Phi) is 2.36. The second-order valence-electron chi connectivity index (χ2n) is 4.01. The molecule has 1 saturated carbocycles. The summed E-state index contributed by atoms with van der Waals surface area (Å²) in [6, 6.07) is 1.70. The van der Waals surface area contributed by atoms with Crippen molar-refractivity contribution in [2.24, 2.45) is 0 Å². The maximum Gasteiger partial charge on any atom is 0.213 e. The maximum atomic E-state index is 5.73. The molecule has 0 aliphatic heterocycles. The molecule has 88 valence electrons. The van der Waals surface area contributed by atoms with Gasteiger partial charge in [-0.2, -0.15) is 4.98 Å². The number of hydrogen-bond acceptors (Lipinski definition) is 7. The molecule has 2 aromatic heterocycles. The minimum Gasteiger partial charge on any atom is -0.384 e. The summed E-state index contributed by atoms with van der Waals surface area (Å²) in [5.74, 6) is 3.06. The number of hydrogen-bond donors (Lipinski definition) is 2. The van der Waals surface area contributed by atoms with Crippen LogP contribution >= 0.6 is 0 Å². The summed E-state index contributed by atoms with van der Waals surface area (Å²) in [4.78, 5) is 12.5. The van der Waals surface area contributed by atoms with Gasteiger partial charge >= 0.3 is 0 Å². The lowest BCUT2D eigenvalue weighted by Gasteiger charge is -2.05. The van der Waals surface area contributed by atoms with E-state index in [1.165, 1.54) is 6.39 Å². The second kappa shape index (κ2) is 4.00. The predicted molar refractivity (Wildman–Crippen MR) is 60.0 cm³/mol. The molecule has 2 aromatic rings. The van der Waals surface area contributed by atoms with Crippen LogP contribution in [0.25, 0.3) is 0 Å². The molecule has 2 heterocycles. The zero-order valence-electron chi connectivity index (χ0n) is 9.13. The van der Waals surface area contributed by atoms with Gasteiger partial charge in [-0.15, -0.1) is 0 Å². The predicted octanol–water partition coefficient (Wildman–Crippen LogP) is 0.931. The van der Waals surface area contributed by atoms with Crippen molar-refractivity contribution in [3.63, 3.8) is 0 Å². The van der Waals surface area contributed by atoms with E-state index in [-0.39, 0.29) is 0 Å². The van der Waals surface area contributed by atoms with Gasteiger partial charge in [0.05, 0.1) is 6.54 Å². The average Bonchev–Trinajstić information content (AvgIpc) is 3.04. The highest BCUT2D eigenvalue weighted by atomic mass is 16.5. The summed E-state index contributed by atoms with van der Waals surface area (Å²) >= 11 is 0. The molecule has 0 amide bonds. The van der Waals surface area contributed by atoms with Crippen molar-refractivity contribution < 1.29 is 4.52 Å². The van der Waals surface area contributed by atoms with Crippen molar-refractivity contribution in [3.8, 4) is 0 Å². The van der Waals surface area contributed by atoms with Crippen molar-refractivity contribution >= 4 is 11.6 Å². The van der Waals surface area contributed by atoms with Gasteiger partial charge in [0.2, 0.25) is 6.39 Å². The highest BCUT2D eigenvalue weighted by molar-refractivity contribution is 5.45. The van der Waals surface area contributed by atoms with Gasteiger partial charge in [0.15, 0.2) is 5.82 Å². The van der Waals surface area contributed by atoms with Gasteiger partial charge in [0, 0.05) is 12.0 Å². The Morgan fingerprint density at radius 3 is 3.00 bits per heavy atom. The van der Waals surface area contributed by atoms with Crippen LogP contribution in [0.4, 0.5) is 11.6 Å². The molecule has 0 radical (unpaired) electrons. The quantitative estimate of drug-likeness (QED) is 0.808. The molecule has 7 heteroatoms. The molecular formula is C10H12N6O. The summed E-state index contributed by atoms with van der Waals surface area (Å²) < 4.78 is 4.64. The fourth-order valence-electron chi connectivity index (χ4n) is 1.54. The summed E-state index contributed by atoms with van der Waals surface area (Å²) in [7, 11) is 0. The highest BCUT2D eigenvalue weighted by Crippen LogP contribution is 2.38. The molecule has 1 fully saturated rings. The highest BCUT2D eigenvalue weighted by Gasteiger charge is 2.27. The molecule has 0 unspecified atom stereocenters. The zero-order valence-corrected chi connectivity index (χ0v) is 9.13. The van der Waals surface area contributed by atoms with E-state index in [9.17, 15) is 0 Å². The van der Waals surface area contributed by atoms with Gasteiger partial charge < -0.3 is 15.6 Å². The Bertz CT molecular complexity index is 508. The third-order valence-corrected chi connectivity index (χ3v) is 2.54. The van der Waals surface area contributed by atoms with Gasteiger partial charge in [0.1, 0.15) is 17.5 Å². The van der Waals surface area contributed by atoms with Crippen LogP contribution in [0.1, 0.15) is 30.4 Å². The molecule has 3 N–H and O–H groups in total. The minimum absolute atomic E-state index is 0.455. The molecule has 1 aliphatic rings. The van der Waals surface area contributed by atoms with E-state index in [1.807, 2.05) is 0 Å². The first-order chi connectivity index (χ1) is 8.31. The maximum absolute atomic E-state index is 5.73. The second-order valence-corrected chi connectivity index (χ2v) is 4.01. The Hall–Kier alpha value is -2.18. The van der Waals surface area contributed by atoms with Crippen molar-refractivity contribution in [3.05, 3.63) is 24.1 Å². The van der Waals surface area contributed by atoms with Crippen LogP contribution in [0, 0.1) is 0 Å². The van der Waals surface area contributed by atoms with E-state index in [0.717, 1.165) is 18.7 Å². The molecular weight excluding hydrogens is 220 g/mol. The molecule has 0 spiro atoms. The number of rotatable bonds is 4. The van der Waals surface area contributed by atoms with Crippen LogP contribution in [-0.4, -0.2) is 20.1 Å². The van der Waals surface area contributed by atoms with E-state index < -0.39 is 0 Å². The normalized spacial score (nSPS) is 14.8. The zero-order chi connectivity index (χ0) is 11.7. The smallest absolute Gasteiger partial charge is 0.213 e. The fraction of sp³-hybridized carbons (Fsp3) is 0.400. The van der Waals surface area contributed by atoms with Gasteiger partial charge in [-0.25, -0.2) is 9.97 Å². The van der Waals surface area contributed by atoms with Crippen LogP contribution in [0.2, 0.25) is 0 Å². The van der Waals surface area contributed by atoms with Crippen molar-refractivity contribution in [1.29, 1.82) is 0 Å². The largest absolute Gasteiger partial charge is 0.384 e. The van der Waals surface area contributed by atoms with E-state index in [2.05, 4.69) is 29.9 Å². The third-order valence-electron chi connectivity index (χ3n) is 2.54. The molecule has 7 nitrogen and oxygen atoms in total. The number of anilines is 2. The number of nitrogens with zero attached hydrogens (tertiary/aromatic N) is 4. The molecule has 3 rings (SSSR count). The van der Waals surface area contributed by atoms with Crippen molar-refractivity contribution in [1.82, 2.24) is 20.1 Å². The van der Waals surface area contributed by atoms with Gasteiger partial charge in [0.25, 0.3) is 0 Å². The van der Waals surface area contributed by atoms with Gasteiger partial charge in [-0.3, -0.25) is 0 Å². The summed E-state index contributed by atoms with van der Waals surface area (Å²) in [5, 5.41) is 6.80. The monoisotopic (exact) mass is 232 g/mol. The summed E-state index contributed by atoms with van der Waals surface area (Å²) in [6.07, 6.45) is 3.59. The van der Waals surface area contributed by atoms with Gasteiger partial charge in [-0.05, 0) is 12.8 Å². The van der Waals surface area contributed by atoms with E-state index in [0.29, 0.717) is 29.9 Å². The van der Waals surface area contributed by atoms with Crippen LogP contribution in [0.15, 0.2) is 17.0 Å². The average molecular weight is 232 g/mol. The molecule has 1 aliphatic carbocycles. The third kappa shape index (κ3) is 2.32. The summed E-state index contributed by atoms with van der Waals surface area (Å²) in [6.45, 7) is 0.455. The van der Waals surface area contributed by atoms with Crippen LogP contribution in [0.3, 0.4) is 0 Å². The van der Waals surface area contributed by atoms with Crippen molar-refractivity contribution in [2.45, 2.75) is 25.3 Å². The molecule has 0 atom stereocenters. The number of nitrogens with two attached hydrogens (primary N) is 1. The summed E-state index contributed by atoms with van der Waals surface area (Å²) in [5.41, 5.74) is 5.73. The van der Waals surface area contributed by atoms with Crippen LogP contribution in [-0.2, 0) is 6.54 Å². The van der Waals surface area contributed by atoms with E-state index >= 15 is 0 Å². The molecule has 0 bridgehead atoms. The lowest BCUT2D eigenvalue weighted by molar-refractivity contribution is 0.411. The van der Waals surface area contributed by atoms with Crippen LogP contribution < -0.4 is 11.1 Å².